The lowest BCUT2D eigenvalue weighted by atomic mass is 10.1. The number of ether oxygens (including phenoxy) is 1. The molecule has 0 saturated heterocycles. The first kappa shape index (κ1) is 16.5. The highest BCUT2D eigenvalue weighted by Crippen LogP contribution is 2.11. The topological polar surface area (TPSA) is 43.4 Å². The van der Waals surface area contributed by atoms with Crippen LogP contribution in [0.5, 0.6) is 0 Å². The first-order valence-corrected chi connectivity index (χ1v) is 9.03. The van der Waals surface area contributed by atoms with Crippen molar-refractivity contribution in [2.75, 3.05) is 19.0 Å². The smallest absolute Gasteiger partial charge is 0.232 e. The number of rotatable bonds is 9. The molecule has 0 aliphatic heterocycles. The summed E-state index contributed by atoms with van der Waals surface area (Å²) in [4.78, 5) is 0. The summed E-state index contributed by atoms with van der Waals surface area (Å²) in [6.07, 6.45) is 2.67. The molecular weight excluding hydrogens is 284 g/mol. The molecule has 0 aromatic heterocycles. The zero-order valence-electron chi connectivity index (χ0n) is 11.2. The van der Waals surface area contributed by atoms with E-state index in [0.29, 0.717) is 13.2 Å². The van der Waals surface area contributed by atoms with Crippen molar-refractivity contribution >= 4 is 19.7 Å². The van der Waals surface area contributed by atoms with Crippen LogP contribution in [0.4, 0.5) is 0 Å². The molecule has 1 aromatic rings. The van der Waals surface area contributed by atoms with Crippen molar-refractivity contribution in [2.24, 2.45) is 5.92 Å². The monoisotopic (exact) mass is 304 g/mol. The van der Waals surface area contributed by atoms with E-state index in [-0.39, 0.29) is 11.7 Å². The summed E-state index contributed by atoms with van der Waals surface area (Å²) >= 11 is 0. The average molecular weight is 305 g/mol. The molecular formula is C14H21ClO3S. The van der Waals surface area contributed by atoms with Crippen LogP contribution >= 0.6 is 10.7 Å². The maximum Gasteiger partial charge on any atom is 0.232 e. The lowest BCUT2D eigenvalue weighted by Crippen LogP contribution is -2.17. The molecule has 108 valence electrons. The number of hydrogen-bond donors (Lipinski definition) is 0. The second-order valence-electron chi connectivity index (χ2n) is 4.64. The Morgan fingerprint density at radius 1 is 1.26 bits per heavy atom. The molecule has 1 aromatic carbocycles. The summed E-state index contributed by atoms with van der Waals surface area (Å²) in [7, 11) is 1.81. The number of benzene rings is 1. The molecule has 0 saturated carbocycles. The molecule has 1 rings (SSSR count). The van der Waals surface area contributed by atoms with Gasteiger partial charge in [0.2, 0.25) is 9.05 Å². The summed E-state index contributed by atoms with van der Waals surface area (Å²) in [6.45, 7) is 3.05. The third-order valence-corrected chi connectivity index (χ3v) is 4.21. The van der Waals surface area contributed by atoms with E-state index in [1.165, 1.54) is 5.56 Å². The Morgan fingerprint density at radius 3 is 2.53 bits per heavy atom. The van der Waals surface area contributed by atoms with Gasteiger partial charge in [-0.3, -0.25) is 0 Å². The van der Waals surface area contributed by atoms with Crippen LogP contribution in [0, 0.1) is 5.92 Å². The fraction of sp³-hybridized carbons (Fsp3) is 0.571. The van der Waals surface area contributed by atoms with Gasteiger partial charge in [0.15, 0.2) is 0 Å². The lowest BCUT2D eigenvalue weighted by Gasteiger charge is -2.13. The Kier molecular flexibility index (Phi) is 7.42. The molecule has 0 aliphatic rings. The van der Waals surface area contributed by atoms with Crippen LogP contribution in [0.25, 0.3) is 0 Å². The predicted molar refractivity (Wildman–Crippen MR) is 79.0 cm³/mol. The van der Waals surface area contributed by atoms with Gasteiger partial charge in [0.25, 0.3) is 0 Å². The van der Waals surface area contributed by atoms with Gasteiger partial charge in [0.05, 0.1) is 12.4 Å². The molecule has 0 bridgehead atoms. The van der Waals surface area contributed by atoms with Crippen molar-refractivity contribution in [1.82, 2.24) is 0 Å². The van der Waals surface area contributed by atoms with Crippen LogP contribution < -0.4 is 0 Å². The van der Waals surface area contributed by atoms with Crippen LogP contribution in [0.15, 0.2) is 30.3 Å². The van der Waals surface area contributed by atoms with Gasteiger partial charge < -0.3 is 4.74 Å². The molecule has 0 aliphatic carbocycles. The van der Waals surface area contributed by atoms with Crippen molar-refractivity contribution in [3.8, 4) is 0 Å². The molecule has 0 radical (unpaired) electrons. The van der Waals surface area contributed by atoms with Crippen LogP contribution in [-0.4, -0.2) is 27.4 Å². The van der Waals surface area contributed by atoms with Gasteiger partial charge in [-0.2, -0.15) is 0 Å². The Labute approximate surface area is 120 Å². The van der Waals surface area contributed by atoms with E-state index in [2.05, 4.69) is 12.1 Å². The Balaban J connectivity index is 2.16. The van der Waals surface area contributed by atoms with Crippen LogP contribution in [0.1, 0.15) is 25.3 Å². The summed E-state index contributed by atoms with van der Waals surface area (Å²) in [5, 5.41) is 0. The minimum atomic E-state index is -3.43. The molecule has 0 spiro atoms. The second-order valence-corrected chi connectivity index (χ2v) is 7.47. The summed E-state index contributed by atoms with van der Waals surface area (Å²) in [6, 6.07) is 10.2. The highest BCUT2D eigenvalue weighted by atomic mass is 35.7. The SMILES string of the molecule is CCC(COCCCc1ccccc1)CS(=O)(=O)Cl. The minimum Gasteiger partial charge on any atom is -0.381 e. The Bertz CT molecular complexity index is 445. The first-order chi connectivity index (χ1) is 9.01. The van der Waals surface area contributed by atoms with Crippen molar-refractivity contribution in [2.45, 2.75) is 26.2 Å². The van der Waals surface area contributed by atoms with E-state index in [4.69, 9.17) is 15.4 Å². The van der Waals surface area contributed by atoms with E-state index >= 15 is 0 Å². The highest BCUT2D eigenvalue weighted by Gasteiger charge is 2.15. The number of aryl methyl sites for hydroxylation is 1. The summed E-state index contributed by atoms with van der Waals surface area (Å²) in [5.74, 6) is -0.0248. The maximum atomic E-state index is 11.0. The molecule has 0 amide bonds. The third-order valence-electron chi connectivity index (χ3n) is 2.96. The second kappa shape index (κ2) is 8.56. The lowest BCUT2D eigenvalue weighted by molar-refractivity contribution is 0.103. The zero-order valence-corrected chi connectivity index (χ0v) is 12.8. The number of halogens is 1. The van der Waals surface area contributed by atoms with Gasteiger partial charge in [-0.25, -0.2) is 8.42 Å². The molecule has 0 N–H and O–H groups in total. The fourth-order valence-corrected chi connectivity index (χ4v) is 3.27. The van der Waals surface area contributed by atoms with Crippen molar-refractivity contribution < 1.29 is 13.2 Å². The van der Waals surface area contributed by atoms with Gasteiger partial charge in [0, 0.05) is 17.3 Å². The van der Waals surface area contributed by atoms with Gasteiger partial charge in [0.1, 0.15) is 0 Å². The van der Waals surface area contributed by atoms with Gasteiger partial charge >= 0.3 is 0 Å². The normalized spacial score (nSPS) is 13.4. The van der Waals surface area contributed by atoms with E-state index < -0.39 is 9.05 Å². The van der Waals surface area contributed by atoms with Crippen LogP contribution in [-0.2, 0) is 20.2 Å². The Morgan fingerprint density at radius 2 is 1.95 bits per heavy atom. The molecule has 1 atom stereocenters. The van der Waals surface area contributed by atoms with Crippen molar-refractivity contribution in [3.63, 3.8) is 0 Å². The van der Waals surface area contributed by atoms with E-state index in [1.807, 2.05) is 25.1 Å². The quantitative estimate of drug-likeness (QED) is 0.519. The molecule has 0 heterocycles. The highest BCUT2D eigenvalue weighted by molar-refractivity contribution is 8.13. The van der Waals surface area contributed by atoms with Gasteiger partial charge in [-0.05, 0) is 24.3 Å². The minimum absolute atomic E-state index is 0.0102. The van der Waals surface area contributed by atoms with E-state index in [1.54, 1.807) is 0 Å². The average Bonchev–Trinajstić information content (AvgIpc) is 2.37. The maximum absolute atomic E-state index is 11.0. The predicted octanol–water partition coefficient (Wildman–Crippen LogP) is 3.23. The van der Waals surface area contributed by atoms with Crippen molar-refractivity contribution in [1.29, 1.82) is 0 Å². The first-order valence-electron chi connectivity index (χ1n) is 6.55. The van der Waals surface area contributed by atoms with Crippen LogP contribution in [0.2, 0.25) is 0 Å². The zero-order chi connectivity index (χ0) is 14.1. The van der Waals surface area contributed by atoms with Crippen molar-refractivity contribution in [3.05, 3.63) is 35.9 Å². The van der Waals surface area contributed by atoms with Crippen LogP contribution in [0.3, 0.4) is 0 Å². The molecule has 3 nitrogen and oxygen atoms in total. The molecule has 19 heavy (non-hydrogen) atoms. The third kappa shape index (κ3) is 8.24. The largest absolute Gasteiger partial charge is 0.381 e. The van der Waals surface area contributed by atoms with Gasteiger partial charge in [-0.15, -0.1) is 0 Å². The Hall–Kier alpha value is -0.580. The number of hydrogen-bond acceptors (Lipinski definition) is 3. The van der Waals surface area contributed by atoms with E-state index in [9.17, 15) is 8.42 Å². The standard InChI is InChI=1S/C14H21ClO3S/c1-2-13(12-19(15,16)17)11-18-10-6-9-14-7-4-3-5-8-14/h3-5,7-8,13H,2,6,9-12H2,1H3. The molecule has 5 heteroatoms. The summed E-state index contributed by atoms with van der Waals surface area (Å²) in [5.41, 5.74) is 1.29. The molecule has 0 fully saturated rings. The fourth-order valence-electron chi connectivity index (χ4n) is 1.84. The van der Waals surface area contributed by atoms with E-state index in [0.717, 1.165) is 19.3 Å². The van der Waals surface area contributed by atoms with Gasteiger partial charge in [-0.1, -0.05) is 43.7 Å². The molecule has 1 unspecified atom stereocenters. The summed E-state index contributed by atoms with van der Waals surface area (Å²) < 4.78 is 27.5.